The lowest BCUT2D eigenvalue weighted by molar-refractivity contribution is 0.0817. The standard InChI is InChI=1S/C22H16O3/c23-20(17-7-3-1-4-8-17)15-16-11-13-19(14-12-16)22(25)21(24)18-9-5-2-6-10-18/h1-14H,15H2. The van der Waals surface area contributed by atoms with Crippen LogP contribution in [-0.2, 0) is 6.42 Å². The molecule has 0 aliphatic carbocycles. The van der Waals surface area contributed by atoms with E-state index in [9.17, 15) is 14.4 Å². The van der Waals surface area contributed by atoms with Gasteiger partial charge in [0.05, 0.1) is 0 Å². The molecule has 3 rings (SSSR count). The maximum atomic E-state index is 12.3. The van der Waals surface area contributed by atoms with Crippen molar-refractivity contribution in [3.8, 4) is 0 Å². The van der Waals surface area contributed by atoms with Crippen LogP contribution in [0.5, 0.6) is 0 Å². The van der Waals surface area contributed by atoms with E-state index in [2.05, 4.69) is 0 Å². The Labute approximate surface area is 145 Å². The first-order valence-corrected chi connectivity index (χ1v) is 7.96. The quantitative estimate of drug-likeness (QED) is 0.504. The largest absolute Gasteiger partial charge is 0.294 e. The van der Waals surface area contributed by atoms with E-state index < -0.39 is 11.6 Å². The van der Waals surface area contributed by atoms with Crippen LogP contribution in [0.1, 0.15) is 36.6 Å². The molecule has 0 amide bonds. The van der Waals surface area contributed by atoms with Crippen LogP contribution < -0.4 is 0 Å². The van der Waals surface area contributed by atoms with Crippen molar-refractivity contribution in [2.24, 2.45) is 0 Å². The number of rotatable bonds is 6. The summed E-state index contributed by atoms with van der Waals surface area (Å²) in [5.41, 5.74) is 2.15. The first-order chi connectivity index (χ1) is 12.1. The smallest absolute Gasteiger partial charge is 0.233 e. The Bertz CT molecular complexity index is 895. The summed E-state index contributed by atoms with van der Waals surface area (Å²) in [7, 11) is 0. The average molecular weight is 328 g/mol. The Morgan fingerprint density at radius 1 is 0.520 bits per heavy atom. The maximum Gasteiger partial charge on any atom is 0.233 e. The van der Waals surface area contributed by atoms with Crippen LogP contribution in [0, 0.1) is 0 Å². The lowest BCUT2D eigenvalue weighted by Gasteiger charge is -2.04. The van der Waals surface area contributed by atoms with Crippen molar-refractivity contribution >= 4 is 17.3 Å². The summed E-state index contributed by atoms with van der Waals surface area (Å²) in [6.45, 7) is 0. The Balaban J connectivity index is 1.71. The van der Waals surface area contributed by atoms with Gasteiger partial charge in [-0.05, 0) is 5.56 Å². The molecule has 0 atom stereocenters. The summed E-state index contributed by atoms with van der Waals surface area (Å²) in [6.07, 6.45) is 0.255. The predicted molar refractivity (Wildman–Crippen MR) is 96.0 cm³/mol. The molecule has 0 saturated heterocycles. The molecular formula is C22H16O3. The molecule has 0 N–H and O–H groups in total. The second kappa shape index (κ2) is 7.49. The molecule has 3 aromatic carbocycles. The molecule has 0 aromatic heterocycles. The van der Waals surface area contributed by atoms with Crippen molar-refractivity contribution in [1.29, 1.82) is 0 Å². The summed E-state index contributed by atoms with van der Waals surface area (Å²) < 4.78 is 0. The Hall–Kier alpha value is -3.33. The van der Waals surface area contributed by atoms with E-state index in [1.54, 1.807) is 66.7 Å². The molecule has 0 spiro atoms. The molecule has 3 heteroatoms. The highest BCUT2D eigenvalue weighted by Gasteiger charge is 2.18. The van der Waals surface area contributed by atoms with E-state index in [1.165, 1.54) is 0 Å². The number of carbonyl (C=O) groups excluding carboxylic acids is 3. The van der Waals surface area contributed by atoms with Crippen LogP contribution in [0.15, 0.2) is 84.9 Å². The SMILES string of the molecule is O=C(Cc1ccc(C(=O)C(=O)c2ccccc2)cc1)c1ccccc1. The van der Waals surface area contributed by atoms with Gasteiger partial charge in [-0.3, -0.25) is 14.4 Å². The number of Topliss-reactive ketones (excluding diaryl/α,β-unsaturated/α-hetero) is 3. The summed E-state index contributed by atoms with van der Waals surface area (Å²) in [5.74, 6) is -1.07. The maximum absolute atomic E-state index is 12.3. The van der Waals surface area contributed by atoms with Crippen LogP contribution in [0.4, 0.5) is 0 Å². The minimum Gasteiger partial charge on any atom is -0.294 e. The number of hydrogen-bond donors (Lipinski definition) is 0. The van der Waals surface area contributed by atoms with Gasteiger partial charge in [-0.25, -0.2) is 0 Å². The second-order valence-corrected chi connectivity index (χ2v) is 5.69. The molecule has 0 fully saturated rings. The predicted octanol–water partition coefficient (Wildman–Crippen LogP) is 4.18. The summed E-state index contributed by atoms with van der Waals surface area (Å²) in [6, 6.07) is 24.1. The summed E-state index contributed by atoms with van der Waals surface area (Å²) in [5, 5.41) is 0. The van der Waals surface area contributed by atoms with E-state index in [4.69, 9.17) is 0 Å². The molecule has 0 aliphatic heterocycles. The Morgan fingerprint density at radius 2 is 0.960 bits per heavy atom. The van der Waals surface area contributed by atoms with Crippen molar-refractivity contribution in [2.45, 2.75) is 6.42 Å². The number of carbonyl (C=O) groups is 3. The zero-order valence-corrected chi connectivity index (χ0v) is 13.5. The van der Waals surface area contributed by atoms with Gasteiger partial charge in [-0.2, -0.15) is 0 Å². The van der Waals surface area contributed by atoms with E-state index in [1.807, 2.05) is 18.2 Å². The molecule has 0 heterocycles. The van der Waals surface area contributed by atoms with E-state index in [-0.39, 0.29) is 12.2 Å². The Morgan fingerprint density at radius 3 is 1.48 bits per heavy atom. The Kier molecular flexibility index (Phi) is 4.95. The highest BCUT2D eigenvalue weighted by atomic mass is 16.2. The van der Waals surface area contributed by atoms with Crippen LogP contribution in [0.2, 0.25) is 0 Å². The molecule has 0 aliphatic rings. The molecule has 0 unspecified atom stereocenters. The third kappa shape index (κ3) is 3.96. The molecule has 3 aromatic rings. The fourth-order valence-electron chi connectivity index (χ4n) is 2.54. The fourth-order valence-corrected chi connectivity index (χ4v) is 2.54. The van der Waals surface area contributed by atoms with Crippen molar-refractivity contribution in [2.75, 3.05) is 0 Å². The molecule has 122 valence electrons. The molecule has 0 saturated carbocycles. The first kappa shape index (κ1) is 16.5. The number of benzene rings is 3. The molecule has 25 heavy (non-hydrogen) atoms. The molecular weight excluding hydrogens is 312 g/mol. The van der Waals surface area contributed by atoms with Gasteiger partial charge in [0.2, 0.25) is 11.6 Å². The normalized spacial score (nSPS) is 10.2. The molecule has 3 nitrogen and oxygen atoms in total. The molecule has 0 radical (unpaired) electrons. The van der Waals surface area contributed by atoms with Crippen LogP contribution in [0.3, 0.4) is 0 Å². The number of hydrogen-bond acceptors (Lipinski definition) is 3. The fraction of sp³-hybridized carbons (Fsp3) is 0.0455. The minimum absolute atomic E-state index is 0.0139. The third-order valence-electron chi connectivity index (χ3n) is 3.92. The minimum atomic E-state index is -0.549. The second-order valence-electron chi connectivity index (χ2n) is 5.69. The zero-order chi connectivity index (χ0) is 17.6. The van der Waals surface area contributed by atoms with Gasteiger partial charge in [0.1, 0.15) is 0 Å². The summed E-state index contributed by atoms with van der Waals surface area (Å²) in [4.78, 5) is 36.7. The van der Waals surface area contributed by atoms with Gasteiger partial charge < -0.3 is 0 Å². The van der Waals surface area contributed by atoms with Gasteiger partial charge in [-0.1, -0.05) is 84.9 Å². The van der Waals surface area contributed by atoms with Crippen molar-refractivity contribution < 1.29 is 14.4 Å². The monoisotopic (exact) mass is 328 g/mol. The third-order valence-corrected chi connectivity index (χ3v) is 3.92. The lowest BCUT2D eigenvalue weighted by Crippen LogP contribution is -2.14. The first-order valence-electron chi connectivity index (χ1n) is 7.96. The van der Waals surface area contributed by atoms with Gasteiger partial charge in [-0.15, -0.1) is 0 Å². The van der Waals surface area contributed by atoms with Gasteiger partial charge in [0, 0.05) is 23.1 Å². The average Bonchev–Trinajstić information content (AvgIpc) is 2.69. The van der Waals surface area contributed by atoms with Crippen LogP contribution >= 0.6 is 0 Å². The van der Waals surface area contributed by atoms with E-state index in [0.717, 1.165) is 5.56 Å². The van der Waals surface area contributed by atoms with E-state index >= 15 is 0 Å². The lowest BCUT2D eigenvalue weighted by atomic mass is 9.98. The highest BCUT2D eigenvalue weighted by Crippen LogP contribution is 2.12. The van der Waals surface area contributed by atoms with Crippen molar-refractivity contribution in [3.05, 3.63) is 107 Å². The van der Waals surface area contributed by atoms with Crippen molar-refractivity contribution in [3.63, 3.8) is 0 Å². The van der Waals surface area contributed by atoms with Gasteiger partial charge >= 0.3 is 0 Å². The zero-order valence-electron chi connectivity index (χ0n) is 13.5. The van der Waals surface area contributed by atoms with Crippen molar-refractivity contribution in [1.82, 2.24) is 0 Å². The van der Waals surface area contributed by atoms with E-state index in [0.29, 0.717) is 16.7 Å². The molecule has 0 bridgehead atoms. The van der Waals surface area contributed by atoms with Gasteiger partial charge in [0.25, 0.3) is 0 Å². The number of ketones is 3. The topological polar surface area (TPSA) is 51.2 Å². The highest BCUT2D eigenvalue weighted by molar-refractivity contribution is 6.49. The van der Waals surface area contributed by atoms with Crippen LogP contribution in [0.25, 0.3) is 0 Å². The summed E-state index contributed by atoms with van der Waals surface area (Å²) >= 11 is 0. The van der Waals surface area contributed by atoms with Gasteiger partial charge in [0.15, 0.2) is 5.78 Å². The van der Waals surface area contributed by atoms with Crippen LogP contribution in [-0.4, -0.2) is 17.3 Å².